The zero-order chi connectivity index (χ0) is 13.0. The van der Waals surface area contributed by atoms with Crippen LogP contribution in [0.4, 0.5) is 4.79 Å². The molecule has 0 aliphatic carbocycles. The van der Waals surface area contributed by atoms with E-state index in [0.717, 1.165) is 31.7 Å². The predicted octanol–water partition coefficient (Wildman–Crippen LogP) is 2.64. The third kappa shape index (κ3) is 2.58. The van der Waals surface area contributed by atoms with Crippen LogP contribution in [0, 0.1) is 0 Å². The molecule has 1 heterocycles. The molecule has 0 radical (unpaired) electrons. The molecule has 0 N–H and O–H groups in total. The molecule has 0 bridgehead atoms. The van der Waals surface area contributed by atoms with Gasteiger partial charge in [-0.1, -0.05) is 18.2 Å². The lowest BCUT2D eigenvalue weighted by Crippen LogP contribution is -2.37. The van der Waals surface area contributed by atoms with Gasteiger partial charge in [-0.2, -0.15) is 0 Å². The molecule has 0 unspecified atom stereocenters. The molecule has 18 heavy (non-hydrogen) atoms. The molecule has 1 fully saturated rings. The monoisotopic (exact) mass is 249 g/mol. The van der Waals surface area contributed by atoms with Gasteiger partial charge >= 0.3 is 6.09 Å². The molecule has 1 aromatic rings. The molecular formula is C14H19NO3. The number of rotatable bonds is 2. The van der Waals surface area contributed by atoms with Gasteiger partial charge < -0.3 is 14.4 Å². The van der Waals surface area contributed by atoms with Crippen molar-refractivity contribution in [3.8, 4) is 5.75 Å². The van der Waals surface area contributed by atoms with Crippen LogP contribution in [0.15, 0.2) is 24.3 Å². The smallest absolute Gasteiger partial charge is 0.409 e. The molecule has 98 valence electrons. The molecule has 1 aliphatic heterocycles. The number of piperidine rings is 1. The summed E-state index contributed by atoms with van der Waals surface area (Å²) < 4.78 is 10.1. The van der Waals surface area contributed by atoms with E-state index < -0.39 is 0 Å². The molecule has 1 amide bonds. The molecule has 0 saturated carbocycles. The quantitative estimate of drug-likeness (QED) is 0.808. The van der Waals surface area contributed by atoms with Crippen molar-refractivity contribution in [2.75, 3.05) is 27.3 Å². The summed E-state index contributed by atoms with van der Waals surface area (Å²) in [4.78, 5) is 13.2. The van der Waals surface area contributed by atoms with E-state index >= 15 is 0 Å². The van der Waals surface area contributed by atoms with Gasteiger partial charge in [0.2, 0.25) is 0 Å². The second kappa shape index (κ2) is 5.76. The van der Waals surface area contributed by atoms with Crippen LogP contribution < -0.4 is 4.74 Å². The Labute approximate surface area is 107 Å². The van der Waals surface area contributed by atoms with Crippen LogP contribution in [0.3, 0.4) is 0 Å². The number of carbonyl (C=O) groups is 1. The fourth-order valence-corrected chi connectivity index (χ4v) is 2.51. The Morgan fingerprint density at radius 2 is 1.89 bits per heavy atom. The van der Waals surface area contributed by atoms with Crippen molar-refractivity contribution in [1.29, 1.82) is 0 Å². The zero-order valence-corrected chi connectivity index (χ0v) is 10.9. The summed E-state index contributed by atoms with van der Waals surface area (Å²) in [5, 5.41) is 0. The summed E-state index contributed by atoms with van der Waals surface area (Å²) in [7, 11) is 3.12. The second-order valence-corrected chi connectivity index (χ2v) is 4.47. The Kier molecular flexibility index (Phi) is 4.07. The summed E-state index contributed by atoms with van der Waals surface area (Å²) in [6, 6.07) is 8.11. The first-order valence-corrected chi connectivity index (χ1v) is 6.22. The van der Waals surface area contributed by atoms with Crippen molar-refractivity contribution in [2.45, 2.75) is 18.8 Å². The topological polar surface area (TPSA) is 38.8 Å². The van der Waals surface area contributed by atoms with Crippen molar-refractivity contribution >= 4 is 6.09 Å². The highest BCUT2D eigenvalue weighted by Crippen LogP contribution is 2.33. The number of hydrogen-bond acceptors (Lipinski definition) is 3. The number of methoxy groups -OCH3 is 2. The first-order chi connectivity index (χ1) is 8.76. The van der Waals surface area contributed by atoms with E-state index in [-0.39, 0.29) is 6.09 Å². The maximum absolute atomic E-state index is 11.4. The van der Waals surface area contributed by atoms with Crippen LogP contribution >= 0.6 is 0 Å². The maximum atomic E-state index is 11.4. The molecule has 1 aromatic carbocycles. The number of ether oxygens (including phenoxy) is 2. The Balaban J connectivity index is 2.03. The minimum absolute atomic E-state index is 0.228. The molecule has 2 rings (SSSR count). The highest BCUT2D eigenvalue weighted by Gasteiger charge is 2.25. The molecule has 4 heteroatoms. The van der Waals surface area contributed by atoms with Gasteiger partial charge in [0.1, 0.15) is 5.75 Å². The van der Waals surface area contributed by atoms with Crippen molar-refractivity contribution in [3.05, 3.63) is 29.8 Å². The molecule has 1 saturated heterocycles. The van der Waals surface area contributed by atoms with Gasteiger partial charge in [-0.3, -0.25) is 0 Å². The SMILES string of the molecule is COC(=O)N1CCC(c2ccccc2OC)CC1. The average molecular weight is 249 g/mol. The number of nitrogens with zero attached hydrogens (tertiary/aromatic N) is 1. The summed E-state index contributed by atoms with van der Waals surface area (Å²) in [6.45, 7) is 1.49. The number of benzene rings is 1. The van der Waals surface area contributed by atoms with Gasteiger partial charge in [-0.15, -0.1) is 0 Å². The summed E-state index contributed by atoms with van der Waals surface area (Å²) in [6.07, 6.45) is 1.68. The number of amides is 1. The van der Waals surface area contributed by atoms with E-state index in [0.29, 0.717) is 5.92 Å². The molecule has 0 atom stereocenters. The van der Waals surface area contributed by atoms with E-state index in [1.807, 2.05) is 18.2 Å². The summed E-state index contributed by atoms with van der Waals surface area (Å²) in [5.41, 5.74) is 1.24. The van der Waals surface area contributed by atoms with Gasteiger partial charge in [-0.05, 0) is 30.4 Å². The molecule has 4 nitrogen and oxygen atoms in total. The van der Waals surface area contributed by atoms with Gasteiger partial charge in [0.05, 0.1) is 14.2 Å². The van der Waals surface area contributed by atoms with Crippen LogP contribution in [0.2, 0.25) is 0 Å². The van der Waals surface area contributed by atoms with Gasteiger partial charge in [-0.25, -0.2) is 4.79 Å². The number of hydrogen-bond donors (Lipinski definition) is 0. The van der Waals surface area contributed by atoms with E-state index in [1.165, 1.54) is 12.7 Å². The Bertz CT molecular complexity index is 411. The maximum Gasteiger partial charge on any atom is 0.409 e. The van der Waals surface area contributed by atoms with E-state index in [4.69, 9.17) is 9.47 Å². The fraction of sp³-hybridized carbons (Fsp3) is 0.500. The van der Waals surface area contributed by atoms with Crippen LogP contribution in [0.25, 0.3) is 0 Å². The number of carbonyl (C=O) groups excluding carboxylic acids is 1. The molecule has 0 spiro atoms. The molecule has 0 aromatic heterocycles. The fourth-order valence-electron chi connectivity index (χ4n) is 2.51. The Morgan fingerprint density at radius 3 is 2.50 bits per heavy atom. The van der Waals surface area contributed by atoms with Crippen molar-refractivity contribution in [1.82, 2.24) is 4.90 Å². The third-order valence-electron chi connectivity index (χ3n) is 3.51. The minimum Gasteiger partial charge on any atom is -0.496 e. The highest BCUT2D eigenvalue weighted by molar-refractivity contribution is 5.67. The average Bonchev–Trinajstić information content (AvgIpc) is 2.46. The Morgan fingerprint density at radius 1 is 1.22 bits per heavy atom. The predicted molar refractivity (Wildman–Crippen MR) is 68.9 cm³/mol. The number of likely N-dealkylation sites (tertiary alicyclic amines) is 1. The lowest BCUT2D eigenvalue weighted by Gasteiger charge is -2.31. The van der Waals surface area contributed by atoms with Crippen LogP contribution in [-0.4, -0.2) is 38.3 Å². The largest absolute Gasteiger partial charge is 0.496 e. The lowest BCUT2D eigenvalue weighted by atomic mass is 9.89. The van der Waals surface area contributed by atoms with Gasteiger partial charge in [0.25, 0.3) is 0 Å². The van der Waals surface area contributed by atoms with Crippen LogP contribution in [-0.2, 0) is 4.74 Å². The van der Waals surface area contributed by atoms with Crippen molar-refractivity contribution in [2.24, 2.45) is 0 Å². The van der Waals surface area contributed by atoms with Crippen molar-refractivity contribution < 1.29 is 14.3 Å². The van der Waals surface area contributed by atoms with E-state index in [2.05, 4.69) is 6.07 Å². The van der Waals surface area contributed by atoms with Crippen molar-refractivity contribution in [3.63, 3.8) is 0 Å². The summed E-state index contributed by atoms with van der Waals surface area (Å²) in [5.74, 6) is 1.40. The van der Waals surface area contributed by atoms with Crippen LogP contribution in [0.5, 0.6) is 5.75 Å². The second-order valence-electron chi connectivity index (χ2n) is 4.47. The highest BCUT2D eigenvalue weighted by atomic mass is 16.5. The van der Waals surface area contributed by atoms with Gasteiger partial charge in [0.15, 0.2) is 0 Å². The number of para-hydroxylation sites is 1. The van der Waals surface area contributed by atoms with Crippen LogP contribution in [0.1, 0.15) is 24.3 Å². The first-order valence-electron chi connectivity index (χ1n) is 6.22. The minimum atomic E-state index is -0.228. The standard InChI is InChI=1S/C14H19NO3/c1-17-13-6-4-3-5-12(13)11-7-9-15(10-8-11)14(16)18-2/h3-6,11H,7-10H2,1-2H3. The zero-order valence-electron chi connectivity index (χ0n) is 10.9. The lowest BCUT2D eigenvalue weighted by molar-refractivity contribution is 0.112. The normalized spacial score (nSPS) is 16.4. The molecular weight excluding hydrogens is 230 g/mol. The Hall–Kier alpha value is -1.71. The third-order valence-corrected chi connectivity index (χ3v) is 3.51. The van der Waals surface area contributed by atoms with E-state index in [1.54, 1.807) is 12.0 Å². The molecule has 1 aliphatic rings. The van der Waals surface area contributed by atoms with E-state index in [9.17, 15) is 4.79 Å². The summed E-state index contributed by atoms with van der Waals surface area (Å²) >= 11 is 0. The van der Waals surface area contributed by atoms with Gasteiger partial charge in [0, 0.05) is 13.1 Å². The first kappa shape index (κ1) is 12.7.